The van der Waals surface area contributed by atoms with E-state index in [1.165, 1.54) is 12.8 Å². The van der Waals surface area contributed by atoms with Crippen LogP contribution in [0.1, 0.15) is 51.3 Å². The van der Waals surface area contributed by atoms with Gasteiger partial charge in [-0.1, -0.05) is 0 Å². The summed E-state index contributed by atoms with van der Waals surface area (Å²) < 4.78 is 0. The Morgan fingerprint density at radius 1 is 1.50 bits per heavy atom. The normalized spacial score (nSPS) is 16.1. The molecule has 1 aliphatic rings. The van der Waals surface area contributed by atoms with Gasteiger partial charge in [0.1, 0.15) is 0 Å². The third-order valence-corrected chi connectivity index (χ3v) is 2.87. The van der Waals surface area contributed by atoms with Crippen molar-refractivity contribution in [2.75, 3.05) is 0 Å². The van der Waals surface area contributed by atoms with Crippen LogP contribution in [0.4, 0.5) is 0 Å². The first-order valence-corrected chi connectivity index (χ1v) is 5.80. The number of hydrogen-bond donors (Lipinski definition) is 0. The fourth-order valence-corrected chi connectivity index (χ4v) is 1.57. The first-order valence-electron chi connectivity index (χ1n) is 5.80. The SMILES string of the molecule is CC(C)(C#N)CCCn1nnc(C2CC2)n1. The maximum absolute atomic E-state index is 8.88. The van der Waals surface area contributed by atoms with E-state index in [1.807, 2.05) is 13.8 Å². The molecule has 16 heavy (non-hydrogen) atoms. The van der Waals surface area contributed by atoms with Gasteiger partial charge in [-0.15, -0.1) is 10.2 Å². The molecule has 0 atom stereocenters. The van der Waals surface area contributed by atoms with Crippen molar-refractivity contribution in [1.82, 2.24) is 20.2 Å². The molecule has 0 radical (unpaired) electrons. The van der Waals surface area contributed by atoms with E-state index >= 15 is 0 Å². The van der Waals surface area contributed by atoms with Crippen LogP contribution < -0.4 is 0 Å². The number of aryl methyl sites for hydroxylation is 1. The number of aromatic nitrogens is 4. The Morgan fingerprint density at radius 3 is 2.88 bits per heavy atom. The highest BCUT2D eigenvalue weighted by Gasteiger charge is 2.28. The highest BCUT2D eigenvalue weighted by molar-refractivity contribution is 5.00. The van der Waals surface area contributed by atoms with Crippen LogP contribution in [0.15, 0.2) is 0 Å². The molecule has 1 fully saturated rings. The van der Waals surface area contributed by atoms with Crippen molar-refractivity contribution in [3.63, 3.8) is 0 Å². The first-order chi connectivity index (χ1) is 7.61. The molecular formula is C11H17N5. The molecule has 0 spiro atoms. The minimum absolute atomic E-state index is 0.250. The monoisotopic (exact) mass is 219 g/mol. The lowest BCUT2D eigenvalue weighted by atomic mass is 9.90. The summed E-state index contributed by atoms with van der Waals surface area (Å²) in [7, 11) is 0. The third-order valence-electron chi connectivity index (χ3n) is 2.87. The fourth-order valence-electron chi connectivity index (χ4n) is 1.57. The van der Waals surface area contributed by atoms with Crippen LogP contribution in [-0.4, -0.2) is 20.2 Å². The van der Waals surface area contributed by atoms with Gasteiger partial charge in [-0.25, -0.2) is 0 Å². The molecule has 0 aromatic carbocycles. The van der Waals surface area contributed by atoms with Crippen LogP contribution in [0.25, 0.3) is 0 Å². The van der Waals surface area contributed by atoms with Gasteiger partial charge >= 0.3 is 0 Å². The second-order valence-electron chi connectivity index (χ2n) is 5.12. The average Bonchev–Trinajstić information content (AvgIpc) is 3.00. The Kier molecular flexibility index (Phi) is 2.90. The van der Waals surface area contributed by atoms with Gasteiger partial charge in [0, 0.05) is 5.92 Å². The third kappa shape index (κ3) is 2.78. The zero-order valence-electron chi connectivity index (χ0n) is 9.85. The van der Waals surface area contributed by atoms with Crippen molar-refractivity contribution in [2.24, 2.45) is 5.41 Å². The van der Waals surface area contributed by atoms with Crippen LogP contribution in [0.2, 0.25) is 0 Å². The summed E-state index contributed by atoms with van der Waals surface area (Å²) in [5.74, 6) is 1.45. The molecular weight excluding hydrogens is 202 g/mol. The van der Waals surface area contributed by atoms with E-state index in [9.17, 15) is 0 Å². The van der Waals surface area contributed by atoms with Gasteiger partial charge in [0.2, 0.25) is 0 Å². The lowest BCUT2D eigenvalue weighted by Gasteiger charge is -2.13. The molecule has 0 saturated heterocycles. The second-order valence-corrected chi connectivity index (χ2v) is 5.12. The van der Waals surface area contributed by atoms with Crippen molar-refractivity contribution >= 4 is 0 Å². The summed E-state index contributed by atoms with van der Waals surface area (Å²) in [5.41, 5.74) is -0.250. The van der Waals surface area contributed by atoms with Gasteiger partial charge in [-0.3, -0.25) is 0 Å². The molecule has 0 N–H and O–H groups in total. The van der Waals surface area contributed by atoms with Crippen molar-refractivity contribution < 1.29 is 0 Å². The molecule has 0 bridgehead atoms. The lowest BCUT2D eigenvalue weighted by molar-refractivity contribution is 0.390. The van der Waals surface area contributed by atoms with Crippen molar-refractivity contribution in [3.05, 3.63) is 5.82 Å². The highest BCUT2D eigenvalue weighted by Crippen LogP contribution is 2.37. The molecule has 1 heterocycles. The number of tetrazole rings is 1. The standard InChI is InChI=1S/C11H17N5/c1-11(2,8-12)6-3-7-16-14-10(13-15-16)9-4-5-9/h9H,3-7H2,1-2H3. The van der Waals surface area contributed by atoms with E-state index in [0.29, 0.717) is 5.92 Å². The van der Waals surface area contributed by atoms with E-state index < -0.39 is 0 Å². The Hall–Kier alpha value is -1.44. The molecule has 0 unspecified atom stereocenters. The first kappa shape index (κ1) is 11.1. The molecule has 86 valence electrons. The van der Waals surface area contributed by atoms with E-state index in [1.54, 1.807) is 4.80 Å². The van der Waals surface area contributed by atoms with Gasteiger partial charge in [-0.05, 0) is 44.7 Å². The summed E-state index contributed by atoms with van der Waals surface area (Å²) >= 11 is 0. The summed E-state index contributed by atoms with van der Waals surface area (Å²) in [6, 6.07) is 2.30. The van der Waals surface area contributed by atoms with E-state index in [-0.39, 0.29) is 5.41 Å². The van der Waals surface area contributed by atoms with E-state index in [4.69, 9.17) is 5.26 Å². The molecule has 0 amide bonds. The predicted octanol–water partition coefficient (Wildman–Crippen LogP) is 1.88. The van der Waals surface area contributed by atoms with Gasteiger partial charge in [0.25, 0.3) is 0 Å². The average molecular weight is 219 g/mol. The molecule has 2 rings (SSSR count). The smallest absolute Gasteiger partial charge is 0.177 e. The van der Waals surface area contributed by atoms with Gasteiger partial charge in [0.15, 0.2) is 5.82 Å². The zero-order chi connectivity index (χ0) is 11.6. The molecule has 0 aliphatic heterocycles. The van der Waals surface area contributed by atoms with Gasteiger partial charge in [-0.2, -0.15) is 10.1 Å². The minimum atomic E-state index is -0.250. The van der Waals surface area contributed by atoms with Crippen LogP contribution in [-0.2, 0) is 6.54 Å². The topological polar surface area (TPSA) is 67.4 Å². The number of rotatable bonds is 5. The van der Waals surface area contributed by atoms with Gasteiger partial charge in [0.05, 0.1) is 18.0 Å². The number of nitriles is 1. The fraction of sp³-hybridized carbons (Fsp3) is 0.818. The predicted molar refractivity (Wildman–Crippen MR) is 58.4 cm³/mol. The number of nitrogens with zero attached hydrogens (tertiary/aromatic N) is 5. The molecule has 5 heteroatoms. The Balaban J connectivity index is 1.79. The quantitative estimate of drug-likeness (QED) is 0.758. The van der Waals surface area contributed by atoms with E-state index in [0.717, 1.165) is 25.2 Å². The molecule has 1 aromatic rings. The summed E-state index contributed by atoms with van der Waals surface area (Å²) in [6.07, 6.45) is 4.19. The highest BCUT2D eigenvalue weighted by atomic mass is 15.6. The number of hydrogen-bond acceptors (Lipinski definition) is 4. The maximum atomic E-state index is 8.88. The minimum Gasteiger partial charge on any atom is -0.198 e. The molecule has 1 aromatic heterocycles. The summed E-state index contributed by atoms with van der Waals surface area (Å²) in [4.78, 5) is 1.65. The van der Waals surface area contributed by atoms with Crippen molar-refractivity contribution in [1.29, 1.82) is 5.26 Å². The Bertz CT molecular complexity index is 397. The summed E-state index contributed by atoms with van der Waals surface area (Å²) in [5, 5.41) is 21.3. The maximum Gasteiger partial charge on any atom is 0.177 e. The Labute approximate surface area is 95.5 Å². The molecule has 1 saturated carbocycles. The van der Waals surface area contributed by atoms with Crippen LogP contribution >= 0.6 is 0 Å². The van der Waals surface area contributed by atoms with Crippen LogP contribution in [0.3, 0.4) is 0 Å². The van der Waals surface area contributed by atoms with Crippen LogP contribution in [0, 0.1) is 16.7 Å². The van der Waals surface area contributed by atoms with Crippen LogP contribution in [0.5, 0.6) is 0 Å². The Morgan fingerprint density at radius 2 is 2.25 bits per heavy atom. The van der Waals surface area contributed by atoms with Crippen molar-refractivity contribution in [3.8, 4) is 6.07 Å². The largest absolute Gasteiger partial charge is 0.198 e. The van der Waals surface area contributed by atoms with Gasteiger partial charge < -0.3 is 0 Å². The second kappa shape index (κ2) is 4.20. The lowest BCUT2D eigenvalue weighted by Crippen LogP contribution is -2.11. The van der Waals surface area contributed by atoms with Crippen molar-refractivity contribution in [2.45, 2.75) is 52.0 Å². The summed E-state index contributed by atoms with van der Waals surface area (Å²) in [6.45, 7) is 4.67. The molecule has 1 aliphatic carbocycles. The molecule has 5 nitrogen and oxygen atoms in total. The van der Waals surface area contributed by atoms with E-state index in [2.05, 4.69) is 21.5 Å². The zero-order valence-corrected chi connectivity index (χ0v) is 9.85.